The van der Waals surface area contributed by atoms with Gasteiger partial charge in [-0.3, -0.25) is 4.79 Å². The predicted molar refractivity (Wildman–Crippen MR) is 131 cm³/mol. The Kier molecular flexibility index (Phi) is 6.99. The summed E-state index contributed by atoms with van der Waals surface area (Å²) >= 11 is 5.32. The number of carbonyl (C=O) groups is 1. The number of carbonyl (C=O) groups excluding carboxylic acids is 1. The van der Waals surface area contributed by atoms with E-state index in [1.807, 2.05) is 23.9 Å². The fourth-order valence-electron chi connectivity index (χ4n) is 3.47. The van der Waals surface area contributed by atoms with Gasteiger partial charge in [0.1, 0.15) is 5.75 Å². The first-order valence-corrected chi connectivity index (χ1v) is 11.8. The van der Waals surface area contributed by atoms with E-state index in [4.69, 9.17) is 4.74 Å². The van der Waals surface area contributed by atoms with E-state index in [1.165, 1.54) is 21.4 Å². The van der Waals surface area contributed by atoms with Crippen molar-refractivity contribution in [3.8, 4) is 5.75 Å². The molecule has 0 bridgehead atoms. The Morgan fingerprint density at radius 2 is 1.77 bits per heavy atom. The summed E-state index contributed by atoms with van der Waals surface area (Å²) in [6, 6.07) is 24.1. The summed E-state index contributed by atoms with van der Waals surface area (Å²) in [6.07, 6.45) is 2.18. The highest BCUT2D eigenvalue weighted by Crippen LogP contribution is 2.32. The van der Waals surface area contributed by atoms with Gasteiger partial charge >= 0.3 is 0 Å². The topological polar surface area (TPSA) is 43.3 Å². The smallest absolute Gasteiger partial charge is 0.255 e. The van der Waals surface area contributed by atoms with Gasteiger partial charge in [0, 0.05) is 45.3 Å². The molecule has 0 atom stereocenters. The summed E-state index contributed by atoms with van der Waals surface area (Å²) in [4.78, 5) is 13.8. The predicted octanol–water partition coefficient (Wildman–Crippen LogP) is 6.13. The normalized spacial score (nSPS) is 10.9. The van der Waals surface area contributed by atoms with Crippen molar-refractivity contribution in [1.82, 2.24) is 9.88 Å². The van der Waals surface area contributed by atoms with E-state index >= 15 is 0 Å². The second-order valence-corrected chi connectivity index (χ2v) is 9.01. The van der Waals surface area contributed by atoms with Crippen LogP contribution in [0.5, 0.6) is 5.75 Å². The van der Waals surface area contributed by atoms with Gasteiger partial charge in [0.2, 0.25) is 0 Å². The molecule has 31 heavy (non-hydrogen) atoms. The molecule has 0 radical (unpaired) electrons. The molecule has 0 aliphatic heterocycles. The van der Waals surface area contributed by atoms with Gasteiger partial charge in [0.05, 0.1) is 12.7 Å². The molecule has 4 nitrogen and oxygen atoms in total. The minimum absolute atomic E-state index is 0.126. The molecule has 6 heteroatoms. The van der Waals surface area contributed by atoms with Crippen LogP contribution < -0.4 is 10.1 Å². The monoisotopic (exact) mass is 494 g/mol. The lowest BCUT2D eigenvalue weighted by Crippen LogP contribution is -2.27. The van der Waals surface area contributed by atoms with Crippen LogP contribution in [-0.4, -0.2) is 24.1 Å². The van der Waals surface area contributed by atoms with Crippen LogP contribution in [0.15, 0.2) is 88.4 Å². The number of ether oxygens (including phenoxy) is 1. The molecule has 0 spiro atoms. The number of rotatable bonds is 8. The first kappa shape index (κ1) is 21.5. The number of amides is 1. The maximum Gasteiger partial charge on any atom is 0.255 e. The molecule has 1 amide bonds. The van der Waals surface area contributed by atoms with Crippen molar-refractivity contribution in [1.29, 1.82) is 0 Å². The van der Waals surface area contributed by atoms with Crippen molar-refractivity contribution in [3.63, 3.8) is 0 Å². The van der Waals surface area contributed by atoms with E-state index in [0.29, 0.717) is 24.4 Å². The summed E-state index contributed by atoms with van der Waals surface area (Å²) in [5.74, 6) is 1.36. The molecule has 158 valence electrons. The molecule has 0 fully saturated rings. The van der Waals surface area contributed by atoms with Gasteiger partial charge in [-0.1, -0.05) is 58.4 Å². The summed E-state index contributed by atoms with van der Waals surface area (Å²) in [5.41, 5.74) is 3.01. The van der Waals surface area contributed by atoms with Crippen LogP contribution in [0.1, 0.15) is 15.9 Å². The highest BCUT2D eigenvalue weighted by Gasteiger charge is 2.12. The summed E-state index contributed by atoms with van der Waals surface area (Å²) in [6.45, 7) is 1.23. The van der Waals surface area contributed by atoms with Crippen molar-refractivity contribution < 1.29 is 9.53 Å². The van der Waals surface area contributed by atoms with Crippen molar-refractivity contribution in [2.75, 3.05) is 13.7 Å². The number of thioether (sulfide) groups is 1. The van der Waals surface area contributed by atoms with E-state index in [1.54, 1.807) is 19.2 Å². The van der Waals surface area contributed by atoms with E-state index in [0.717, 1.165) is 10.2 Å². The second kappa shape index (κ2) is 10.1. The van der Waals surface area contributed by atoms with Gasteiger partial charge in [-0.15, -0.1) is 11.8 Å². The SMILES string of the molecule is COc1ccccc1C(=O)NCCn1cc(SCc2ccc(Br)cc2)c2ccccc21. The third-order valence-corrected chi connectivity index (χ3v) is 6.69. The molecule has 3 aromatic carbocycles. The standard InChI is InChI=1S/C25H23BrN2O2S/c1-30-23-9-5-3-7-21(23)25(29)27-14-15-28-16-24(20-6-2-4-8-22(20)28)31-17-18-10-12-19(26)13-11-18/h2-13,16H,14-15,17H2,1H3,(H,27,29). The number of fused-ring (bicyclic) bond motifs is 1. The quantitative estimate of drug-likeness (QED) is 0.299. The lowest BCUT2D eigenvalue weighted by atomic mass is 10.2. The minimum Gasteiger partial charge on any atom is -0.496 e. The number of hydrogen-bond acceptors (Lipinski definition) is 3. The van der Waals surface area contributed by atoms with Crippen LogP contribution in [0.3, 0.4) is 0 Å². The number of hydrogen-bond donors (Lipinski definition) is 1. The number of para-hydroxylation sites is 2. The van der Waals surface area contributed by atoms with Crippen LogP contribution in [0, 0.1) is 0 Å². The van der Waals surface area contributed by atoms with Crippen LogP contribution in [0.4, 0.5) is 0 Å². The highest BCUT2D eigenvalue weighted by atomic mass is 79.9. The first-order valence-electron chi connectivity index (χ1n) is 10.0. The molecule has 0 aliphatic carbocycles. The molecule has 0 saturated carbocycles. The van der Waals surface area contributed by atoms with Crippen LogP contribution >= 0.6 is 27.7 Å². The molecular weight excluding hydrogens is 472 g/mol. The molecule has 1 heterocycles. The molecule has 0 saturated heterocycles. The Labute approximate surface area is 194 Å². The van der Waals surface area contributed by atoms with Gasteiger partial charge in [0.15, 0.2) is 0 Å². The van der Waals surface area contributed by atoms with Gasteiger partial charge in [0.25, 0.3) is 5.91 Å². The lowest BCUT2D eigenvalue weighted by molar-refractivity contribution is 0.0949. The van der Waals surface area contributed by atoms with Gasteiger partial charge in [-0.05, 0) is 35.9 Å². The summed E-state index contributed by atoms with van der Waals surface area (Å²) in [5, 5.41) is 4.24. The number of nitrogens with one attached hydrogen (secondary N) is 1. The zero-order valence-electron chi connectivity index (χ0n) is 17.2. The minimum atomic E-state index is -0.126. The zero-order valence-corrected chi connectivity index (χ0v) is 19.6. The van der Waals surface area contributed by atoms with Crippen LogP contribution in [-0.2, 0) is 12.3 Å². The molecule has 0 aliphatic rings. The Morgan fingerprint density at radius 3 is 2.58 bits per heavy atom. The first-order chi connectivity index (χ1) is 15.2. The number of benzene rings is 3. The molecule has 0 unspecified atom stereocenters. The average Bonchev–Trinajstić information content (AvgIpc) is 3.16. The number of aromatic nitrogens is 1. The molecular formula is C25H23BrN2O2S. The fraction of sp³-hybridized carbons (Fsp3) is 0.160. The molecule has 1 N–H and O–H groups in total. The van der Waals surface area contributed by atoms with Gasteiger partial charge < -0.3 is 14.6 Å². The van der Waals surface area contributed by atoms with Crippen LogP contribution in [0.2, 0.25) is 0 Å². The fourth-order valence-corrected chi connectivity index (χ4v) is 4.78. The molecule has 4 rings (SSSR count). The lowest BCUT2D eigenvalue weighted by Gasteiger charge is -2.10. The van der Waals surface area contributed by atoms with Crippen LogP contribution in [0.25, 0.3) is 10.9 Å². The van der Waals surface area contributed by atoms with E-state index < -0.39 is 0 Å². The summed E-state index contributed by atoms with van der Waals surface area (Å²) < 4.78 is 8.59. The Morgan fingerprint density at radius 1 is 1.03 bits per heavy atom. The maximum atomic E-state index is 12.6. The van der Waals surface area contributed by atoms with Crippen molar-refractivity contribution in [3.05, 3.63) is 94.6 Å². The van der Waals surface area contributed by atoms with Crippen molar-refractivity contribution >= 4 is 44.5 Å². The average molecular weight is 495 g/mol. The summed E-state index contributed by atoms with van der Waals surface area (Å²) in [7, 11) is 1.57. The molecule has 1 aromatic heterocycles. The van der Waals surface area contributed by atoms with E-state index in [2.05, 4.69) is 80.5 Å². The van der Waals surface area contributed by atoms with Gasteiger partial charge in [-0.25, -0.2) is 0 Å². The van der Waals surface area contributed by atoms with Crippen molar-refractivity contribution in [2.45, 2.75) is 17.2 Å². The molecule has 4 aromatic rings. The largest absolute Gasteiger partial charge is 0.496 e. The number of methoxy groups -OCH3 is 1. The third-order valence-electron chi connectivity index (χ3n) is 5.05. The van der Waals surface area contributed by atoms with Gasteiger partial charge in [-0.2, -0.15) is 0 Å². The second-order valence-electron chi connectivity index (χ2n) is 7.08. The Bertz CT molecular complexity index is 1190. The van der Waals surface area contributed by atoms with E-state index in [9.17, 15) is 4.79 Å². The third kappa shape index (κ3) is 5.14. The van der Waals surface area contributed by atoms with E-state index in [-0.39, 0.29) is 5.91 Å². The Balaban J connectivity index is 1.44. The van der Waals surface area contributed by atoms with Crippen molar-refractivity contribution in [2.24, 2.45) is 0 Å². The zero-order chi connectivity index (χ0) is 21.6. The highest BCUT2D eigenvalue weighted by molar-refractivity contribution is 9.10. The Hall–Kier alpha value is -2.70. The maximum absolute atomic E-state index is 12.6. The number of halogens is 1. The number of nitrogens with zero attached hydrogens (tertiary/aromatic N) is 1.